The number of ether oxygens (including phenoxy) is 1. The van der Waals surface area contributed by atoms with Gasteiger partial charge in [0.15, 0.2) is 0 Å². The molecule has 1 aliphatic rings. The second-order valence-electron chi connectivity index (χ2n) is 9.47. The molecule has 0 spiro atoms. The van der Waals surface area contributed by atoms with Crippen LogP contribution in [0.5, 0.6) is 0 Å². The molecule has 5 rings (SSSR count). The molecule has 0 unspecified atom stereocenters. The van der Waals surface area contributed by atoms with Gasteiger partial charge in [-0.1, -0.05) is 48.0 Å². The molecule has 0 fully saturated rings. The van der Waals surface area contributed by atoms with Crippen LogP contribution in [-0.4, -0.2) is 57.8 Å². The summed E-state index contributed by atoms with van der Waals surface area (Å²) in [5, 5.41) is 10.6. The number of fused-ring (bicyclic) bond motifs is 2. The zero-order valence-electron chi connectivity index (χ0n) is 21.9. The largest absolute Gasteiger partial charge is 0.447 e. The molecule has 1 atom stereocenters. The molecule has 0 radical (unpaired) electrons. The molecule has 12 heteroatoms. The van der Waals surface area contributed by atoms with Crippen LogP contribution in [0.3, 0.4) is 0 Å². The lowest BCUT2D eigenvalue weighted by Gasteiger charge is -2.29. The third-order valence-electron chi connectivity index (χ3n) is 6.85. The van der Waals surface area contributed by atoms with Crippen molar-refractivity contribution in [1.29, 1.82) is 0 Å². The molecular weight excluding hydrogens is 537 g/mol. The number of benzene rings is 2. The molecule has 40 heavy (non-hydrogen) atoms. The van der Waals surface area contributed by atoms with E-state index in [-0.39, 0.29) is 18.2 Å². The molecule has 208 valence electrons. The number of nitrogens with one attached hydrogen (secondary N) is 3. The lowest BCUT2D eigenvalue weighted by atomic mass is 10.2. The van der Waals surface area contributed by atoms with E-state index in [1.54, 1.807) is 25.4 Å². The Morgan fingerprint density at radius 1 is 1.18 bits per heavy atom. The number of urea groups is 1. The fourth-order valence-electron chi connectivity index (χ4n) is 4.57. The Hall–Kier alpha value is -4.22. The van der Waals surface area contributed by atoms with Gasteiger partial charge in [0.25, 0.3) is 0 Å². The molecule has 3 heterocycles. The maximum Gasteiger partial charge on any atom is 0.412 e. The summed E-state index contributed by atoms with van der Waals surface area (Å²) in [6, 6.07) is 12.9. The summed E-state index contributed by atoms with van der Waals surface area (Å²) >= 11 is 6.04. The third kappa shape index (κ3) is 6.32. The average molecular weight is 566 g/mol. The Morgan fingerprint density at radius 2 is 2.00 bits per heavy atom. The highest BCUT2D eigenvalue weighted by Crippen LogP contribution is 2.20. The molecule has 2 aromatic carbocycles. The predicted octanol–water partition coefficient (Wildman–Crippen LogP) is 4.33. The molecule has 4 aromatic rings. The van der Waals surface area contributed by atoms with Gasteiger partial charge in [-0.05, 0) is 23.1 Å². The molecule has 1 aliphatic heterocycles. The average Bonchev–Trinajstić information content (AvgIpc) is 3.38. The standard InChI is InChI=1S/C28H29ClFN7O3/c1-36(27(38)34-14-20-7-4-8-23(30)26(20)29)21(12-25-33-16-22-15-31-9-10-37(22)25)17-40-28(39)35-24-11-18-5-2-3-6-19(18)13-32-24/h2-8,11,13,16,21,31H,9-10,12,14-15,17H2,1H3,(H,34,38)(H,32,35,39)/t21-/m0/s1. The van der Waals surface area contributed by atoms with E-state index in [0.29, 0.717) is 24.3 Å². The Balaban J connectivity index is 1.27. The number of hydrogen-bond acceptors (Lipinski definition) is 6. The van der Waals surface area contributed by atoms with Gasteiger partial charge in [-0.15, -0.1) is 0 Å². The number of nitrogens with zero attached hydrogens (tertiary/aromatic N) is 4. The first-order valence-electron chi connectivity index (χ1n) is 12.8. The number of carbonyl (C=O) groups excluding carboxylic acids is 2. The molecule has 2 aromatic heterocycles. The van der Waals surface area contributed by atoms with Crippen LogP contribution in [0.2, 0.25) is 5.02 Å². The van der Waals surface area contributed by atoms with Gasteiger partial charge in [0.05, 0.1) is 16.8 Å². The van der Waals surface area contributed by atoms with Crippen molar-refractivity contribution in [3.8, 4) is 0 Å². The highest BCUT2D eigenvalue weighted by atomic mass is 35.5. The summed E-state index contributed by atoms with van der Waals surface area (Å²) in [5.41, 5.74) is 1.50. The van der Waals surface area contributed by atoms with Crippen LogP contribution in [0.25, 0.3) is 10.8 Å². The van der Waals surface area contributed by atoms with Crippen molar-refractivity contribution in [2.24, 2.45) is 0 Å². The first kappa shape index (κ1) is 27.4. The van der Waals surface area contributed by atoms with E-state index in [1.807, 2.05) is 30.5 Å². The number of anilines is 1. The molecule has 3 N–H and O–H groups in total. The number of carbonyl (C=O) groups is 2. The zero-order valence-corrected chi connectivity index (χ0v) is 22.6. The number of pyridine rings is 1. The Bertz CT molecular complexity index is 1530. The number of rotatable bonds is 8. The number of hydrogen-bond donors (Lipinski definition) is 3. The zero-order chi connectivity index (χ0) is 28.1. The van der Waals surface area contributed by atoms with Gasteiger partial charge in [-0.25, -0.2) is 23.9 Å². The van der Waals surface area contributed by atoms with Crippen LogP contribution in [0.4, 0.5) is 19.8 Å². The predicted molar refractivity (Wildman–Crippen MR) is 150 cm³/mol. The smallest absolute Gasteiger partial charge is 0.412 e. The summed E-state index contributed by atoms with van der Waals surface area (Å²) in [7, 11) is 1.61. The van der Waals surface area contributed by atoms with Crippen molar-refractivity contribution in [1.82, 2.24) is 30.1 Å². The van der Waals surface area contributed by atoms with Gasteiger partial charge in [-0.2, -0.15) is 0 Å². The van der Waals surface area contributed by atoms with Crippen molar-refractivity contribution in [3.63, 3.8) is 0 Å². The van der Waals surface area contributed by atoms with Gasteiger partial charge in [-0.3, -0.25) is 5.32 Å². The highest BCUT2D eigenvalue weighted by molar-refractivity contribution is 6.31. The van der Waals surface area contributed by atoms with Crippen molar-refractivity contribution >= 4 is 40.3 Å². The van der Waals surface area contributed by atoms with Gasteiger partial charge in [0.1, 0.15) is 24.1 Å². The monoisotopic (exact) mass is 565 g/mol. The van der Waals surface area contributed by atoms with E-state index < -0.39 is 24.0 Å². The van der Waals surface area contributed by atoms with Crippen LogP contribution < -0.4 is 16.0 Å². The molecule has 10 nitrogen and oxygen atoms in total. The summed E-state index contributed by atoms with van der Waals surface area (Å²) < 4.78 is 21.5. The van der Waals surface area contributed by atoms with Crippen molar-refractivity contribution in [3.05, 3.63) is 88.8 Å². The van der Waals surface area contributed by atoms with Gasteiger partial charge < -0.3 is 24.8 Å². The van der Waals surface area contributed by atoms with E-state index in [9.17, 15) is 14.0 Å². The molecule has 3 amide bonds. The van der Waals surface area contributed by atoms with Gasteiger partial charge >= 0.3 is 12.1 Å². The van der Waals surface area contributed by atoms with Crippen LogP contribution in [0, 0.1) is 5.82 Å². The topological polar surface area (TPSA) is 113 Å². The van der Waals surface area contributed by atoms with E-state index in [0.717, 1.165) is 35.4 Å². The van der Waals surface area contributed by atoms with E-state index >= 15 is 0 Å². The number of amides is 3. The second-order valence-corrected chi connectivity index (χ2v) is 9.85. The van der Waals surface area contributed by atoms with Crippen molar-refractivity contribution in [2.45, 2.75) is 32.1 Å². The van der Waals surface area contributed by atoms with Crippen LogP contribution >= 0.6 is 11.6 Å². The SMILES string of the molecule is CN(C(=O)NCc1cccc(F)c1Cl)[C@H](COC(=O)Nc1cc2ccccc2cn1)Cc1ncc2n1CCNC2. The summed E-state index contributed by atoms with van der Waals surface area (Å²) in [6.45, 7) is 2.21. The maximum atomic E-state index is 13.8. The minimum Gasteiger partial charge on any atom is -0.447 e. The molecular formula is C28H29ClFN7O3. The highest BCUT2D eigenvalue weighted by Gasteiger charge is 2.26. The lowest BCUT2D eigenvalue weighted by Crippen LogP contribution is -2.47. The fraction of sp³-hybridized carbons (Fsp3) is 0.286. The number of likely N-dealkylation sites (N-methyl/N-ethyl adjacent to an activating group) is 1. The molecule has 0 bridgehead atoms. The Morgan fingerprint density at radius 3 is 2.85 bits per heavy atom. The van der Waals surface area contributed by atoms with E-state index in [4.69, 9.17) is 16.3 Å². The number of halogens is 2. The molecule has 0 aliphatic carbocycles. The fourth-order valence-corrected chi connectivity index (χ4v) is 4.76. The first-order valence-corrected chi connectivity index (χ1v) is 13.2. The Labute approximate surface area is 235 Å². The Kier molecular flexibility index (Phi) is 8.42. The van der Waals surface area contributed by atoms with Crippen LogP contribution in [0.15, 0.2) is 60.9 Å². The second kappa shape index (κ2) is 12.3. The lowest BCUT2D eigenvalue weighted by molar-refractivity contribution is 0.116. The van der Waals surface area contributed by atoms with E-state index in [2.05, 4.69) is 30.5 Å². The van der Waals surface area contributed by atoms with Crippen molar-refractivity contribution < 1.29 is 18.7 Å². The van der Waals surface area contributed by atoms with Gasteiger partial charge in [0.2, 0.25) is 0 Å². The van der Waals surface area contributed by atoms with E-state index in [1.165, 1.54) is 17.0 Å². The van der Waals surface area contributed by atoms with Crippen LogP contribution in [-0.2, 0) is 30.8 Å². The number of aromatic nitrogens is 3. The molecule has 0 saturated heterocycles. The van der Waals surface area contributed by atoms with Crippen molar-refractivity contribution in [2.75, 3.05) is 25.5 Å². The maximum absolute atomic E-state index is 13.8. The summed E-state index contributed by atoms with van der Waals surface area (Å²) in [4.78, 5) is 36.1. The molecule has 0 saturated carbocycles. The summed E-state index contributed by atoms with van der Waals surface area (Å²) in [5.74, 6) is 0.584. The third-order valence-corrected chi connectivity index (χ3v) is 7.28. The quantitative estimate of drug-likeness (QED) is 0.293. The first-order chi connectivity index (χ1) is 19.4. The normalized spacial score (nSPS) is 13.4. The number of imidazole rings is 1. The minimum atomic E-state index is -0.692. The van der Waals surface area contributed by atoms with Crippen LogP contribution in [0.1, 0.15) is 17.1 Å². The summed E-state index contributed by atoms with van der Waals surface area (Å²) in [6.07, 6.45) is 3.14. The van der Waals surface area contributed by atoms with Gasteiger partial charge in [0, 0.05) is 57.4 Å². The minimum absolute atomic E-state index is 0.0336.